The molecule has 3 rings (SSSR count). The van der Waals surface area contributed by atoms with E-state index in [1.54, 1.807) is 12.4 Å². The maximum absolute atomic E-state index is 6.05. The van der Waals surface area contributed by atoms with Gasteiger partial charge in [-0.1, -0.05) is 45.0 Å². The number of aromatic nitrogens is 1. The van der Waals surface area contributed by atoms with E-state index in [-0.39, 0.29) is 11.3 Å². The highest BCUT2D eigenvalue weighted by atomic mass is 16.3. The largest absolute Gasteiger partial charge is 0.437 e. The van der Waals surface area contributed by atoms with Crippen LogP contribution in [0.1, 0.15) is 26.3 Å². The minimum atomic E-state index is 0.0817. The van der Waals surface area contributed by atoms with Gasteiger partial charge in [0.15, 0.2) is 5.58 Å². The van der Waals surface area contributed by atoms with Crippen LogP contribution in [0.3, 0.4) is 0 Å². The summed E-state index contributed by atoms with van der Waals surface area (Å²) < 4.78 is 5.45. The lowest BCUT2D eigenvalue weighted by Crippen LogP contribution is -2.10. The molecule has 0 saturated carbocycles. The Morgan fingerprint density at radius 2 is 1.86 bits per heavy atom. The molecule has 4 N–H and O–H groups in total. The number of nitrogens with zero attached hydrogens (tertiary/aromatic N) is 1. The molecule has 108 valence electrons. The molecule has 0 spiro atoms. The molecular weight excluding hydrogens is 262 g/mol. The van der Waals surface area contributed by atoms with Crippen molar-refractivity contribution in [3.63, 3.8) is 0 Å². The quantitative estimate of drug-likeness (QED) is 0.707. The summed E-state index contributed by atoms with van der Waals surface area (Å²) in [6, 6.07) is 8.39. The van der Waals surface area contributed by atoms with Crippen molar-refractivity contribution in [2.75, 3.05) is 11.5 Å². The molecule has 2 aromatic heterocycles. The summed E-state index contributed by atoms with van der Waals surface area (Å²) >= 11 is 0. The van der Waals surface area contributed by atoms with E-state index in [1.165, 1.54) is 5.56 Å². The van der Waals surface area contributed by atoms with Crippen LogP contribution in [-0.4, -0.2) is 4.98 Å². The lowest BCUT2D eigenvalue weighted by Gasteiger charge is -2.19. The monoisotopic (exact) mass is 281 g/mol. The number of hydrogen-bond acceptors (Lipinski definition) is 4. The van der Waals surface area contributed by atoms with Crippen LogP contribution < -0.4 is 11.5 Å². The Hall–Kier alpha value is -2.49. The zero-order chi connectivity index (χ0) is 15.2. The van der Waals surface area contributed by atoms with Gasteiger partial charge in [0.1, 0.15) is 5.69 Å². The summed E-state index contributed by atoms with van der Waals surface area (Å²) in [5.41, 5.74) is 16.3. The van der Waals surface area contributed by atoms with Crippen molar-refractivity contribution in [2.45, 2.75) is 26.2 Å². The van der Waals surface area contributed by atoms with Gasteiger partial charge in [0.2, 0.25) is 5.88 Å². The second kappa shape index (κ2) is 4.52. The fourth-order valence-corrected chi connectivity index (χ4v) is 2.47. The third kappa shape index (κ3) is 2.23. The molecule has 0 unspecified atom stereocenters. The number of rotatable bonds is 1. The van der Waals surface area contributed by atoms with E-state index >= 15 is 0 Å². The number of nitrogens with two attached hydrogens (primary N) is 2. The summed E-state index contributed by atoms with van der Waals surface area (Å²) in [4.78, 5) is 4.23. The summed E-state index contributed by atoms with van der Waals surface area (Å²) in [5, 5.41) is 0.827. The van der Waals surface area contributed by atoms with Gasteiger partial charge in [-0.3, -0.25) is 4.98 Å². The molecule has 0 amide bonds. The lowest BCUT2D eigenvalue weighted by atomic mass is 9.85. The zero-order valence-electron chi connectivity index (χ0n) is 12.5. The minimum absolute atomic E-state index is 0.0817. The highest BCUT2D eigenvalue weighted by Gasteiger charge is 2.17. The molecule has 0 atom stereocenters. The van der Waals surface area contributed by atoms with Gasteiger partial charge in [0, 0.05) is 11.8 Å². The Labute approximate surface area is 123 Å². The summed E-state index contributed by atoms with van der Waals surface area (Å²) in [7, 11) is 0. The third-order valence-electron chi connectivity index (χ3n) is 3.71. The number of benzene rings is 1. The smallest absolute Gasteiger partial charge is 0.214 e. The molecule has 0 aliphatic heterocycles. The predicted octanol–water partition coefficient (Wildman–Crippen LogP) is 3.96. The summed E-state index contributed by atoms with van der Waals surface area (Å²) in [6.07, 6.45) is 3.44. The molecule has 0 aliphatic carbocycles. The van der Waals surface area contributed by atoms with Crippen LogP contribution in [0.4, 0.5) is 11.6 Å². The number of nitrogen functional groups attached to an aromatic ring is 2. The van der Waals surface area contributed by atoms with Gasteiger partial charge in [0.05, 0.1) is 11.6 Å². The third-order valence-corrected chi connectivity index (χ3v) is 3.71. The number of fused-ring (bicyclic) bond motifs is 1. The predicted molar refractivity (Wildman–Crippen MR) is 87.0 cm³/mol. The van der Waals surface area contributed by atoms with Crippen LogP contribution in [-0.2, 0) is 5.41 Å². The van der Waals surface area contributed by atoms with E-state index < -0.39 is 0 Å². The first-order valence-electron chi connectivity index (χ1n) is 6.90. The van der Waals surface area contributed by atoms with Crippen LogP contribution in [0.2, 0.25) is 0 Å². The molecule has 0 aliphatic rings. The van der Waals surface area contributed by atoms with Crippen molar-refractivity contribution >= 4 is 22.5 Å². The van der Waals surface area contributed by atoms with Crippen LogP contribution in [0.5, 0.6) is 0 Å². The highest BCUT2D eigenvalue weighted by molar-refractivity contribution is 6.04. The second-order valence-corrected chi connectivity index (χ2v) is 6.27. The topological polar surface area (TPSA) is 78.1 Å². The van der Waals surface area contributed by atoms with Crippen LogP contribution in [0.25, 0.3) is 22.1 Å². The second-order valence-electron chi connectivity index (χ2n) is 6.27. The number of pyridine rings is 1. The van der Waals surface area contributed by atoms with Crippen molar-refractivity contribution in [3.05, 3.63) is 42.2 Å². The molecule has 0 radical (unpaired) electrons. The standard InChI is InChI=1S/C17H19N3O/c1-17(2,3)11-6-4-5-10(7-11)12-8-20-9-13-14(12)15(18)16(19)21-13/h4-9H,18-19H2,1-3H3. The van der Waals surface area contributed by atoms with Gasteiger partial charge in [-0.15, -0.1) is 0 Å². The number of hydrogen-bond donors (Lipinski definition) is 2. The molecule has 0 saturated heterocycles. The van der Waals surface area contributed by atoms with E-state index in [1.807, 2.05) is 12.1 Å². The van der Waals surface area contributed by atoms with E-state index in [0.717, 1.165) is 16.5 Å². The first kappa shape index (κ1) is 13.5. The Bertz CT molecular complexity index is 813. The molecule has 4 heteroatoms. The van der Waals surface area contributed by atoms with Gasteiger partial charge in [-0.25, -0.2) is 0 Å². The molecule has 4 nitrogen and oxygen atoms in total. The highest BCUT2D eigenvalue weighted by Crippen LogP contribution is 2.38. The Kier molecular flexibility index (Phi) is 2.90. The molecular formula is C17H19N3O. The maximum Gasteiger partial charge on any atom is 0.214 e. The van der Waals surface area contributed by atoms with E-state index in [2.05, 4.69) is 37.9 Å². The van der Waals surface area contributed by atoms with Crippen molar-refractivity contribution in [3.8, 4) is 11.1 Å². The van der Waals surface area contributed by atoms with E-state index in [0.29, 0.717) is 11.3 Å². The summed E-state index contributed by atoms with van der Waals surface area (Å²) in [5.74, 6) is 0.242. The van der Waals surface area contributed by atoms with Crippen molar-refractivity contribution in [1.82, 2.24) is 4.98 Å². The molecule has 0 bridgehead atoms. The van der Waals surface area contributed by atoms with Crippen LogP contribution in [0.15, 0.2) is 41.1 Å². The molecule has 2 heterocycles. The Balaban J connectivity index is 2.26. The average molecular weight is 281 g/mol. The molecule has 21 heavy (non-hydrogen) atoms. The zero-order valence-corrected chi connectivity index (χ0v) is 12.5. The van der Waals surface area contributed by atoms with Crippen LogP contribution >= 0.6 is 0 Å². The van der Waals surface area contributed by atoms with E-state index in [4.69, 9.17) is 15.9 Å². The van der Waals surface area contributed by atoms with Crippen molar-refractivity contribution in [2.24, 2.45) is 0 Å². The van der Waals surface area contributed by atoms with Gasteiger partial charge < -0.3 is 15.9 Å². The Morgan fingerprint density at radius 1 is 1.10 bits per heavy atom. The average Bonchev–Trinajstić information content (AvgIpc) is 2.73. The van der Waals surface area contributed by atoms with Crippen molar-refractivity contribution < 1.29 is 4.42 Å². The van der Waals surface area contributed by atoms with Gasteiger partial charge in [-0.2, -0.15) is 0 Å². The maximum atomic E-state index is 6.05. The summed E-state index contributed by atoms with van der Waals surface area (Å²) in [6.45, 7) is 6.57. The Morgan fingerprint density at radius 3 is 2.57 bits per heavy atom. The lowest BCUT2D eigenvalue weighted by molar-refractivity contribution is 0.590. The van der Waals surface area contributed by atoms with Gasteiger partial charge >= 0.3 is 0 Å². The fraction of sp³-hybridized carbons (Fsp3) is 0.235. The van der Waals surface area contributed by atoms with Crippen LogP contribution in [0, 0.1) is 0 Å². The first-order valence-corrected chi connectivity index (χ1v) is 6.90. The van der Waals surface area contributed by atoms with Gasteiger partial charge in [-0.05, 0) is 16.5 Å². The van der Waals surface area contributed by atoms with Gasteiger partial charge in [0.25, 0.3) is 0 Å². The number of furan rings is 1. The minimum Gasteiger partial charge on any atom is -0.437 e. The first-order chi connectivity index (χ1) is 9.88. The molecule has 1 aromatic carbocycles. The number of anilines is 2. The van der Waals surface area contributed by atoms with Crippen molar-refractivity contribution in [1.29, 1.82) is 0 Å². The SMILES string of the molecule is CC(C)(C)c1cccc(-c2cncc3oc(N)c(N)c23)c1. The van der Waals surface area contributed by atoms with E-state index in [9.17, 15) is 0 Å². The molecule has 0 fully saturated rings. The molecule has 3 aromatic rings. The fourth-order valence-electron chi connectivity index (χ4n) is 2.47. The normalized spacial score (nSPS) is 12.0.